The Bertz CT molecular complexity index is 446. The molecule has 0 bridgehead atoms. The van der Waals surface area contributed by atoms with Crippen molar-refractivity contribution in [2.45, 2.75) is 50.8 Å². The van der Waals surface area contributed by atoms with Gasteiger partial charge in [0.25, 0.3) is 0 Å². The van der Waals surface area contributed by atoms with Crippen LogP contribution < -0.4 is 5.32 Å². The van der Waals surface area contributed by atoms with Crippen molar-refractivity contribution >= 4 is 0 Å². The van der Waals surface area contributed by atoms with Crippen molar-refractivity contribution in [1.82, 2.24) is 10.2 Å². The van der Waals surface area contributed by atoms with E-state index in [0.717, 1.165) is 26.1 Å². The second kappa shape index (κ2) is 6.47. The number of nitrogens with one attached hydrogen (secondary N) is 1. The lowest BCUT2D eigenvalue weighted by atomic mass is 9.92. The van der Waals surface area contributed by atoms with Gasteiger partial charge in [0.05, 0.1) is 5.60 Å². The van der Waals surface area contributed by atoms with Gasteiger partial charge in [-0.1, -0.05) is 30.3 Å². The van der Waals surface area contributed by atoms with Crippen LogP contribution in [0.25, 0.3) is 0 Å². The Balaban J connectivity index is 1.70. The van der Waals surface area contributed by atoms with Gasteiger partial charge in [-0.2, -0.15) is 0 Å². The normalized spacial score (nSPS) is 30.8. The minimum Gasteiger partial charge on any atom is -0.375 e. The van der Waals surface area contributed by atoms with Crippen LogP contribution in [-0.2, 0) is 4.74 Å². The first-order valence-electron chi connectivity index (χ1n) is 8.30. The van der Waals surface area contributed by atoms with Gasteiger partial charge in [-0.3, -0.25) is 4.90 Å². The van der Waals surface area contributed by atoms with Crippen LogP contribution in [0.2, 0.25) is 0 Å². The van der Waals surface area contributed by atoms with Gasteiger partial charge in [0.2, 0.25) is 0 Å². The molecular formula is C18H28N2O. The SMILES string of the molecule is CC1(C)CC(N2CCCNC(c3ccccc3)C2)CCO1. The standard InChI is InChI=1S/C18H28N2O/c1-18(2)13-16(9-12-21-18)20-11-6-10-19-17(14-20)15-7-4-3-5-8-15/h3-5,7-8,16-17,19H,6,9-14H2,1-2H3. The van der Waals surface area contributed by atoms with Crippen molar-refractivity contribution in [1.29, 1.82) is 0 Å². The molecule has 3 rings (SSSR count). The lowest BCUT2D eigenvalue weighted by Crippen LogP contribution is -2.47. The number of rotatable bonds is 2. The van der Waals surface area contributed by atoms with E-state index >= 15 is 0 Å². The minimum absolute atomic E-state index is 0.0326. The Morgan fingerprint density at radius 1 is 1.24 bits per heavy atom. The molecule has 0 saturated carbocycles. The third kappa shape index (κ3) is 3.85. The minimum atomic E-state index is 0.0326. The number of nitrogens with zero attached hydrogens (tertiary/aromatic N) is 1. The molecular weight excluding hydrogens is 260 g/mol. The molecule has 1 N–H and O–H groups in total. The molecule has 3 nitrogen and oxygen atoms in total. The highest BCUT2D eigenvalue weighted by Gasteiger charge is 2.33. The molecule has 2 aliphatic heterocycles. The van der Waals surface area contributed by atoms with E-state index in [9.17, 15) is 0 Å². The van der Waals surface area contributed by atoms with Gasteiger partial charge in [-0.25, -0.2) is 0 Å². The van der Waals surface area contributed by atoms with Gasteiger partial charge >= 0.3 is 0 Å². The maximum absolute atomic E-state index is 5.89. The monoisotopic (exact) mass is 288 g/mol. The molecule has 1 aromatic carbocycles. The Hall–Kier alpha value is -0.900. The number of benzene rings is 1. The fourth-order valence-corrected chi connectivity index (χ4v) is 3.70. The van der Waals surface area contributed by atoms with E-state index in [-0.39, 0.29) is 5.60 Å². The summed E-state index contributed by atoms with van der Waals surface area (Å²) in [5, 5.41) is 3.71. The molecule has 0 amide bonds. The number of hydrogen-bond donors (Lipinski definition) is 1. The van der Waals surface area contributed by atoms with Gasteiger partial charge < -0.3 is 10.1 Å². The molecule has 2 saturated heterocycles. The van der Waals surface area contributed by atoms with Crippen molar-refractivity contribution < 1.29 is 4.74 Å². The van der Waals surface area contributed by atoms with Crippen LogP contribution in [0, 0.1) is 0 Å². The summed E-state index contributed by atoms with van der Waals surface area (Å²) < 4.78 is 5.89. The van der Waals surface area contributed by atoms with E-state index in [1.807, 2.05) is 0 Å². The van der Waals surface area contributed by atoms with Gasteiger partial charge in [0.15, 0.2) is 0 Å². The zero-order valence-corrected chi connectivity index (χ0v) is 13.3. The first-order chi connectivity index (χ1) is 10.1. The van der Waals surface area contributed by atoms with Crippen molar-refractivity contribution in [3.05, 3.63) is 35.9 Å². The van der Waals surface area contributed by atoms with Crippen LogP contribution in [0.5, 0.6) is 0 Å². The van der Waals surface area contributed by atoms with Crippen molar-refractivity contribution in [3.63, 3.8) is 0 Å². The summed E-state index contributed by atoms with van der Waals surface area (Å²) in [6.45, 7) is 8.79. The summed E-state index contributed by atoms with van der Waals surface area (Å²) in [4.78, 5) is 2.70. The average Bonchev–Trinajstić information content (AvgIpc) is 2.73. The van der Waals surface area contributed by atoms with Crippen LogP contribution in [-0.4, -0.2) is 42.8 Å². The fourth-order valence-electron chi connectivity index (χ4n) is 3.70. The quantitative estimate of drug-likeness (QED) is 0.905. The summed E-state index contributed by atoms with van der Waals surface area (Å²) in [6, 6.07) is 12.0. The van der Waals surface area contributed by atoms with E-state index in [4.69, 9.17) is 4.74 Å². The van der Waals surface area contributed by atoms with Gasteiger partial charge in [-0.05, 0) is 51.8 Å². The molecule has 2 fully saturated rings. The molecule has 116 valence electrons. The Morgan fingerprint density at radius 3 is 2.81 bits per heavy atom. The van der Waals surface area contributed by atoms with Crippen LogP contribution in [0.1, 0.15) is 44.7 Å². The van der Waals surface area contributed by atoms with E-state index in [0.29, 0.717) is 12.1 Å². The lowest BCUT2D eigenvalue weighted by Gasteiger charge is -2.41. The van der Waals surface area contributed by atoms with Crippen molar-refractivity contribution in [2.75, 3.05) is 26.2 Å². The molecule has 0 aliphatic carbocycles. The largest absolute Gasteiger partial charge is 0.375 e. The predicted molar refractivity (Wildman–Crippen MR) is 86.4 cm³/mol. The smallest absolute Gasteiger partial charge is 0.0641 e. The Kier molecular flexibility index (Phi) is 4.63. The van der Waals surface area contributed by atoms with Crippen LogP contribution in [0.15, 0.2) is 30.3 Å². The van der Waals surface area contributed by atoms with E-state index < -0.39 is 0 Å². The summed E-state index contributed by atoms with van der Waals surface area (Å²) in [7, 11) is 0. The molecule has 1 aromatic rings. The summed E-state index contributed by atoms with van der Waals surface area (Å²) in [5.41, 5.74) is 1.45. The third-order valence-corrected chi connectivity index (χ3v) is 4.82. The number of hydrogen-bond acceptors (Lipinski definition) is 3. The fraction of sp³-hybridized carbons (Fsp3) is 0.667. The molecule has 2 atom stereocenters. The second-order valence-corrected chi connectivity index (χ2v) is 7.02. The first kappa shape index (κ1) is 15.0. The highest BCUT2D eigenvalue weighted by molar-refractivity contribution is 5.19. The van der Waals surface area contributed by atoms with Crippen LogP contribution in [0.4, 0.5) is 0 Å². The molecule has 3 heteroatoms. The maximum atomic E-state index is 5.89. The first-order valence-corrected chi connectivity index (χ1v) is 8.30. The lowest BCUT2D eigenvalue weighted by molar-refractivity contribution is -0.0833. The Morgan fingerprint density at radius 2 is 2.05 bits per heavy atom. The summed E-state index contributed by atoms with van der Waals surface area (Å²) in [5.74, 6) is 0. The van der Waals surface area contributed by atoms with E-state index in [1.54, 1.807) is 0 Å². The molecule has 2 heterocycles. The highest BCUT2D eigenvalue weighted by Crippen LogP contribution is 2.29. The van der Waals surface area contributed by atoms with Crippen LogP contribution in [0.3, 0.4) is 0 Å². The average molecular weight is 288 g/mol. The predicted octanol–water partition coefficient (Wildman–Crippen LogP) is 2.98. The van der Waals surface area contributed by atoms with Gasteiger partial charge in [-0.15, -0.1) is 0 Å². The summed E-state index contributed by atoms with van der Waals surface area (Å²) in [6.07, 6.45) is 3.56. The molecule has 0 radical (unpaired) electrons. The molecule has 21 heavy (non-hydrogen) atoms. The van der Waals surface area contributed by atoms with E-state index in [2.05, 4.69) is 54.4 Å². The van der Waals surface area contributed by atoms with Gasteiger partial charge in [0, 0.05) is 25.2 Å². The molecule has 2 aliphatic rings. The molecule has 0 aromatic heterocycles. The van der Waals surface area contributed by atoms with Crippen LogP contribution >= 0.6 is 0 Å². The zero-order valence-electron chi connectivity index (χ0n) is 13.3. The third-order valence-electron chi connectivity index (χ3n) is 4.82. The molecule has 2 unspecified atom stereocenters. The summed E-state index contributed by atoms with van der Waals surface area (Å²) >= 11 is 0. The highest BCUT2D eigenvalue weighted by atomic mass is 16.5. The maximum Gasteiger partial charge on any atom is 0.0641 e. The number of ether oxygens (including phenoxy) is 1. The van der Waals surface area contributed by atoms with Gasteiger partial charge in [0.1, 0.15) is 0 Å². The second-order valence-electron chi connectivity index (χ2n) is 7.02. The van der Waals surface area contributed by atoms with E-state index in [1.165, 1.54) is 24.9 Å². The van der Waals surface area contributed by atoms with Crippen molar-refractivity contribution in [2.24, 2.45) is 0 Å². The zero-order chi connectivity index (χ0) is 14.7. The topological polar surface area (TPSA) is 24.5 Å². The van der Waals surface area contributed by atoms with Crippen molar-refractivity contribution in [3.8, 4) is 0 Å². The molecule has 0 spiro atoms. The Labute approximate surface area is 128 Å².